The number of pyridine rings is 1. The molecular weight excluding hydrogens is 304 g/mol. The van der Waals surface area contributed by atoms with Crippen molar-refractivity contribution in [2.45, 2.75) is 6.42 Å². The molecule has 2 aromatic rings. The predicted octanol–water partition coefficient (Wildman–Crippen LogP) is 1.44. The summed E-state index contributed by atoms with van der Waals surface area (Å²) >= 11 is 0. The minimum Gasteiger partial charge on any atom is -0.769 e. The number of hydrogen-bond donors (Lipinski definition) is 3. The van der Waals surface area contributed by atoms with Crippen molar-refractivity contribution in [3.8, 4) is 0 Å². The molecule has 9 nitrogen and oxygen atoms in total. The van der Waals surface area contributed by atoms with Gasteiger partial charge in [0.15, 0.2) is 0 Å². The molecule has 0 saturated heterocycles. The number of hydrogen-bond acceptors (Lipinski definition) is 8. The Morgan fingerprint density at radius 3 is 2.52 bits per heavy atom. The maximum atomic E-state index is 12.0. The first kappa shape index (κ1) is 16.6. The van der Waals surface area contributed by atoms with Crippen molar-refractivity contribution in [3.05, 3.63) is 64.3 Å². The molecule has 0 aliphatic rings. The molecule has 0 unspecified atom stereocenters. The van der Waals surface area contributed by atoms with Crippen LogP contribution in [0.2, 0.25) is 0 Å². The van der Waals surface area contributed by atoms with Crippen LogP contribution in [0.4, 0.5) is 11.4 Å². The minimum atomic E-state index is -0.725. The Hall–Kier alpha value is -2.72. The number of benzene rings is 1. The van der Waals surface area contributed by atoms with Crippen molar-refractivity contribution in [2.24, 2.45) is 0 Å². The third-order valence-electron chi connectivity index (χ3n) is 3.00. The third kappa shape index (κ3) is 4.63. The molecule has 0 bridgehead atoms. The van der Waals surface area contributed by atoms with Gasteiger partial charge in [-0.2, -0.15) is 0 Å². The maximum absolute atomic E-state index is 12.0. The van der Waals surface area contributed by atoms with Crippen LogP contribution in [0.25, 0.3) is 0 Å². The van der Waals surface area contributed by atoms with Crippen molar-refractivity contribution in [2.75, 3.05) is 17.0 Å². The zero-order chi connectivity index (χ0) is 16.8. The number of rotatable bonds is 6. The van der Waals surface area contributed by atoms with Crippen LogP contribution in [0.1, 0.15) is 16.1 Å². The zero-order valence-corrected chi connectivity index (χ0v) is 11.9. The molecule has 0 radical (unpaired) electrons. The number of nitrogens with one attached hydrogen (secondary N) is 1. The topological polar surface area (TPSA) is 135 Å². The Labute approximate surface area is 131 Å². The molecule has 9 heteroatoms. The smallest absolute Gasteiger partial charge is 0.251 e. The Morgan fingerprint density at radius 1 is 1.17 bits per heavy atom. The average Bonchev–Trinajstić information content (AvgIpc) is 2.55. The van der Waals surface area contributed by atoms with E-state index in [-0.39, 0.29) is 23.0 Å². The van der Waals surface area contributed by atoms with Crippen LogP contribution in [-0.2, 0) is 6.42 Å². The molecule has 1 aromatic heterocycles. The fourth-order valence-corrected chi connectivity index (χ4v) is 1.90. The molecule has 0 atom stereocenters. The predicted molar refractivity (Wildman–Crippen MR) is 82.0 cm³/mol. The van der Waals surface area contributed by atoms with Crippen LogP contribution >= 0.6 is 0 Å². The summed E-state index contributed by atoms with van der Waals surface area (Å²) in [5.41, 5.74) is 0.0345. The van der Waals surface area contributed by atoms with E-state index < -0.39 is 16.8 Å². The highest BCUT2D eigenvalue weighted by Crippen LogP contribution is 2.23. The molecule has 0 saturated carbocycles. The van der Waals surface area contributed by atoms with Crippen LogP contribution in [0.3, 0.4) is 0 Å². The van der Waals surface area contributed by atoms with Crippen LogP contribution in [-0.4, -0.2) is 27.9 Å². The van der Waals surface area contributed by atoms with Crippen LogP contribution in [0.15, 0.2) is 42.6 Å². The summed E-state index contributed by atoms with van der Waals surface area (Å²) in [6.07, 6.45) is 2.14. The van der Waals surface area contributed by atoms with E-state index in [4.69, 9.17) is 10.4 Å². The highest BCUT2D eigenvalue weighted by atomic mass is 16.8. The van der Waals surface area contributed by atoms with E-state index in [9.17, 15) is 15.2 Å². The van der Waals surface area contributed by atoms with Crippen LogP contribution in [0.5, 0.6) is 0 Å². The van der Waals surface area contributed by atoms with Gasteiger partial charge in [-0.05, 0) is 30.3 Å². The maximum Gasteiger partial charge on any atom is 0.251 e. The highest BCUT2D eigenvalue weighted by molar-refractivity contribution is 5.96. The van der Waals surface area contributed by atoms with Gasteiger partial charge in [-0.25, -0.2) is 0 Å². The second-order valence-electron chi connectivity index (χ2n) is 4.61. The second kappa shape index (κ2) is 7.51. The van der Waals surface area contributed by atoms with E-state index in [0.29, 0.717) is 6.42 Å². The summed E-state index contributed by atoms with van der Waals surface area (Å²) in [7, 11) is 0. The van der Waals surface area contributed by atoms with Gasteiger partial charge in [0.05, 0.1) is 5.69 Å². The number of carbonyl (C=O) groups excluding carboxylic acids is 1. The first-order valence-electron chi connectivity index (χ1n) is 6.63. The SMILES string of the molecule is O=C(NCCc1ccccn1)c1cc(N([O-])[O-])cc(N(O)O)c1. The Bertz CT molecular complexity index is 637. The van der Waals surface area contributed by atoms with E-state index >= 15 is 0 Å². The summed E-state index contributed by atoms with van der Waals surface area (Å²) in [6, 6.07) is 8.54. The van der Waals surface area contributed by atoms with Gasteiger partial charge < -0.3 is 21.0 Å². The Morgan fingerprint density at radius 2 is 1.91 bits per heavy atom. The van der Waals surface area contributed by atoms with Crippen LogP contribution in [0, 0.1) is 10.4 Å². The Kier molecular flexibility index (Phi) is 5.44. The summed E-state index contributed by atoms with van der Waals surface area (Å²) in [4.78, 5) is 16.2. The number of anilines is 2. The lowest BCUT2D eigenvalue weighted by molar-refractivity contribution is 0.0291. The number of carbonyl (C=O) groups is 1. The van der Waals surface area contributed by atoms with Gasteiger partial charge in [-0.15, -0.1) is 5.23 Å². The molecule has 0 aliphatic heterocycles. The van der Waals surface area contributed by atoms with E-state index in [0.717, 1.165) is 23.9 Å². The zero-order valence-electron chi connectivity index (χ0n) is 11.9. The molecule has 0 spiro atoms. The first-order chi connectivity index (χ1) is 11.0. The van der Waals surface area contributed by atoms with Gasteiger partial charge in [-0.3, -0.25) is 20.2 Å². The minimum absolute atomic E-state index is 0.0525. The van der Waals surface area contributed by atoms with Crippen molar-refractivity contribution in [3.63, 3.8) is 0 Å². The van der Waals surface area contributed by atoms with E-state index in [1.54, 1.807) is 12.3 Å². The molecule has 1 heterocycles. The van der Waals surface area contributed by atoms with Crippen LogP contribution < -0.4 is 15.8 Å². The molecule has 1 aromatic carbocycles. The number of aromatic nitrogens is 1. The average molecular weight is 318 g/mol. The van der Waals surface area contributed by atoms with Gasteiger partial charge in [0, 0.05) is 36.1 Å². The number of nitrogens with zero attached hydrogens (tertiary/aromatic N) is 3. The molecule has 122 valence electrons. The van der Waals surface area contributed by atoms with Gasteiger partial charge in [-0.1, -0.05) is 6.07 Å². The van der Waals surface area contributed by atoms with Gasteiger partial charge >= 0.3 is 0 Å². The second-order valence-corrected chi connectivity index (χ2v) is 4.61. The summed E-state index contributed by atoms with van der Waals surface area (Å²) < 4.78 is 0. The largest absolute Gasteiger partial charge is 0.769 e. The van der Waals surface area contributed by atoms with Crippen molar-refractivity contribution in [1.82, 2.24) is 10.3 Å². The quantitative estimate of drug-likeness (QED) is 0.681. The molecule has 3 N–H and O–H groups in total. The van der Waals surface area contributed by atoms with Crippen molar-refractivity contribution < 1.29 is 15.2 Å². The molecule has 2 rings (SSSR count). The van der Waals surface area contributed by atoms with Gasteiger partial charge in [0.25, 0.3) is 5.91 Å². The molecule has 0 fully saturated rings. The highest BCUT2D eigenvalue weighted by Gasteiger charge is 2.10. The van der Waals surface area contributed by atoms with Crippen molar-refractivity contribution >= 4 is 17.3 Å². The summed E-state index contributed by atoms with van der Waals surface area (Å²) in [5, 5.41) is 41.2. The van der Waals surface area contributed by atoms with Crippen molar-refractivity contribution in [1.29, 1.82) is 0 Å². The van der Waals surface area contributed by atoms with Gasteiger partial charge in [0.2, 0.25) is 0 Å². The number of amides is 1. The fraction of sp³-hybridized carbons (Fsp3) is 0.143. The van der Waals surface area contributed by atoms with E-state index in [1.807, 2.05) is 12.1 Å². The summed E-state index contributed by atoms with van der Waals surface area (Å²) in [5.74, 6) is -0.562. The third-order valence-corrected chi connectivity index (χ3v) is 3.00. The molecule has 1 amide bonds. The van der Waals surface area contributed by atoms with E-state index in [1.165, 1.54) is 0 Å². The lowest BCUT2D eigenvalue weighted by atomic mass is 10.1. The monoisotopic (exact) mass is 318 g/mol. The van der Waals surface area contributed by atoms with E-state index in [2.05, 4.69) is 10.3 Å². The van der Waals surface area contributed by atoms with Gasteiger partial charge in [0.1, 0.15) is 0 Å². The standard InChI is InChI=1S/C14H14N4O5/c19-14(16-6-4-11-3-1-2-5-15-11)10-7-12(17(20)21)9-13(8-10)18(22)23/h1-3,5,7-9,20-21H,4,6H2,(H,16,19)/q-2. The summed E-state index contributed by atoms with van der Waals surface area (Å²) in [6.45, 7) is 0.288. The normalized spacial score (nSPS) is 10.3. The fourth-order valence-electron chi connectivity index (χ4n) is 1.90. The molecule has 23 heavy (non-hydrogen) atoms. The lowest BCUT2D eigenvalue weighted by Gasteiger charge is -2.38. The molecular formula is C14H14N4O5-2. The Balaban J connectivity index is 2.06. The lowest BCUT2D eigenvalue weighted by Crippen LogP contribution is -2.26. The molecule has 0 aliphatic carbocycles. The first-order valence-corrected chi connectivity index (χ1v) is 6.63.